The van der Waals surface area contributed by atoms with E-state index < -0.39 is 0 Å². The minimum atomic E-state index is -0.172. The van der Waals surface area contributed by atoms with Crippen LogP contribution >= 0.6 is 0 Å². The average molecular weight is 265 g/mol. The van der Waals surface area contributed by atoms with E-state index in [1.54, 1.807) is 0 Å². The Labute approximate surface area is 116 Å². The van der Waals surface area contributed by atoms with Gasteiger partial charge < -0.3 is 5.11 Å². The van der Waals surface area contributed by atoms with Crippen molar-refractivity contribution in [2.45, 2.75) is 57.7 Å². The van der Waals surface area contributed by atoms with E-state index >= 15 is 0 Å². The quantitative estimate of drug-likeness (QED) is 0.887. The number of hydrogen-bond donors (Lipinski definition) is 1. The SMILES string of the molecule is CCCC1CCC(O)C(N(C)Cc2cnn(C)c2)C1. The molecule has 2 rings (SSSR count). The van der Waals surface area contributed by atoms with Crippen molar-refractivity contribution in [3.63, 3.8) is 0 Å². The lowest BCUT2D eigenvalue weighted by Crippen LogP contribution is -2.45. The Morgan fingerprint density at radius 3 is 2.89 bits per heavy atom. The molecule has 1 aliphatic rings. The van der Waals surface area contributed by atoms with Crippen LogP contribution in [-0.4, -0.2) is 39.0 Å². The number of aliphatic hydroxyl groups is 1. The van der Waals surface area contributed by atoms with Gasteiger partial charge in [-0.25, -0.2) is 0 Å². The monoisotopic (exact) mass is 265 g/mol. The van der Waals surface area contributed by atoms with E-state index in [0.717, 1.165) is 25.3 Å². The zero-order valence-electron chi connectivity index (χ0n) is 12.4. The van der Waals surface area contributed by atoms with E-state index in [0.29, 0.717) is 6.04 Å². The van der Waals surface area contributed by atoms with Crippen LogP contribution in [-0.2, 0) is 13.6 Å². The summed E-state index contributed by atoms with van der Waals surface area (Å²) in [7, 11) is 4.06. The van der Waals surface area contributed by atoms with Gasteiger partial charge in [-0.1, -0.05) is 19.8 Å². The predicted octanol–water partition coefficient (Wildman–Crippen LogP) is 2.18. The maximum absolute atomic E-state index is 10.2. The van der Waals surface area contributed by atoms with Crippen LogP contribution in [0.15, 0.2) is 12.4 Å². The maximum atomic E-state index is 10.2. The molecule has 0 aromatic carbocycles. The minimum Gasteiger partial charge on any atom is -0.391 e. The number of aliphatic hydroxyl groups excluding tert-OH is 1. The third-order valence-corrected chi connectivity index (χ3v) is 4.34. The molecule has 3 unspecified atom stereocenters. The van der Waals surface area contributed by atoms with Crippen molar-refractivity contribution in [2.75, 3.05) is 7.05 Å². The first kappa shape index (κ1) is 14.5. The molecule has 1 aromatic heterocycles. The highest BCUT2D eigenvalue weighted by atomic mass is 16.3. The van der Waals surface area contributed by atoms with Crippen LogP contribution < -0.4 is 0 Å². The molecule has 1 saturated carbocycles. The Bertz CT molecular complexity index is 390. The van der Waals surface area contributed by atoms with Crippen LogP contribution in [0.2, 0.25) is 0 Å². The highest BCUT2D eigenvalue weighted by Gasteiger charge is 2.31. The molecule has 1 aromatic rings. The van der Waals surface area contributed by atoms with Crippen molar-refractivity contribution >= 4 is 0 Å². The van der Waals surface area contributed by atoms with Gasteiger partial charge in [-0.2, -0.15) is 5.10 Å². The van der Waals surface area contributed by atoms with Gasteiger partial charge in [-0.05, 0) is 32.2 Å². The minimum absolute atomic E-state index is 0.172. The Hall–Kier alpha value is -0.870. The number of aromatic nitrogens is 2. The van der Waals surface area contributed by atoms with Crippen molar-refractivity contribution in [1.29, 1.82) is 0 Å². The van der Waals surface area contributed by atoms with Gasteiger partial charge in [-0.15, -0.1) is 0 Å². The summed E-state index contributed by atoms with van der Waals surface area (Å²) in [5.74, 6) is 0.787. The molecular formula is C15H27N3O. The molecule has 1 N–H and O–H groups in total. The number of nitrogens with zero attached hydrogens (tertiary/aromatic N) is 3. The number of hydrogen-bond acceptors (Lipinski definition) is 3. The Morgan fingerprint density at radius 1 is 1.47 bits per heavy atom. The van der Waals surface area contributed by atoms with Gasteiger partial charge in [-0.3, -0.25) is 9.58 Å². The molecule has 108 valence electrons. The lowest BCUT2D eigenvalue weighted by molar-refractivity contribution is 0.00957. The van der Waals surface area contributed by atoms with Gasteiger partial charge in [0.25, 0.3) is 0 Å². The van der Waals surface area contributed by atoms with E-state index in [1.807, 2.05) is 17.9 Å². The molecule has 19 heavy (non-hydrogen) atoms. The van der Waals surface area contributed by atoms with Crippen molar-refractivity contribution in [1.82, 2.24) is 14.7 Å². The number of rotatable bonds is 5. The van der Waals surface area contributed by atoms with Crippen molar-refractivity contribution < 1.29 is 5.11 Å². The van der Waals surface area contributed by atoms with E-state index in [1.165, 1.54) is 24.8 Å². The Balaban J connectivity index is 1.94. The fraction of sp³-hybridized carbons (Fsp3) is 0.800. The van der Waals surface area contributed by atoms with Gasteiger partial charge >= 0.3 is 0 Å². The summed E-state index contributed by atoms with van der Waals surface area (Å²) < 4.78 is 1.83. The molecule has 0 radical (unpaired) electrons. The maximum Gasteiger partial charge on any atom is 0.0695 e. The van der Waals surface area contributed by atoms with Gasteiger partial charge in [0.15, 0.2) is 0 Å². The normalized spacial score (nSPS) is 27.9. The van der Waals surface area contributed by atoms with Gasteiger partial charge in [0.05, 0.1) is 12.3 Å². The molecule has 0 spiro atoms. The largest absolute Gasteiger partial charge is 0.391 e. The topological polar surface area (TPSA) is 41.3 Å². The molecule has 0 amide bonds. The summed E-state index contributed by atoms with van der Waals surface area (Å²) in [5, 5.41) is 14.5. The highest BCUT2D eigenvalue weighted by Crippen LogP contribution is 2.31. The smallest absolute Gasteiger partial charge is 0.0695 e. The zero-order chi connectivity index (χ0) is 13.8. The standard InChI is InChI=1S/C15H27N3O/c1-4-5-12-6-7-15(19)14(8-12)17(2)10-13-9-16-18(3)11-13/h9,11-12,14-15,19H,4-8,10H2,1-3H3. The van der Waals surface area contributed by atoms with Crippen LogP contribution in [0, 0.1) is 5.92 Å². The van der Waals surface area contributed by atoms with Crippen molar-refractivity contribution in [3.05, 3.63) is 18.0 Å². The summed E-state index contributed by atoms with van der Waals surface area (Å²) in [5.41, 5.74) is 1.22. The van der Waals surface area contributed by atoms with Crippen molar-refractivity contribution in [3.8, 4) is 0 Å². The predicted molar refractivity (Wildman–Crippen MR) is 76.7 cm³/mol. The highest BCUT2D eigenvalue weighted by molar-refractivity contribution is 5.04. The second kappa shape index (κ2) is 6.53. The first-order valence-electron chi connectivity index (χ1n) is 7.46. The molecule has 0 bridgehead atoms. The van der Waals surface area contributed by atoms with Crippen LogP contribution in [0.5, 0.6) is 0 Å². The third-order valence-electron chi connectivity index (χ3n) is 4.34. The molecule has 0 saturated heterocycles. The molecule has 1 aliphatic carbocycles. The zero-order valence-corrected chi connectivity index (χ0v) is 12.4. The van der Waals surface area contributed by atoms with Gasteiger partial charge in [0, 0.05) is 31.4 Å². The number of aryl methyl sites for hydroxylation is 1. The van der Waals surface area contributed by atoms with Gasteiger partial charge in [0.2, 0.25) is 0 Å². The summed E-state index contributed by atoms with van der Waals surface area (Å²) in [6, 6.07) is 0.297. The third kappa shape index (κ3) is 3.80. The molecule has 4 nitrogen and oxygen atoms in total. The van der Waals surface area contributed by atoms with Crippen LogP contribution in [0.3, 0.4) is 0 Å². The fourth-order valence-electron chi connectivity index (χ4n) is 3.32. The van der Waals surface area contributed by atoms with Crippen LogP contribution in [0.4, 0.5) is 0 Å². The van der Waals surface area contributed by atoms with E-state index in [2.05, 4.69) is 30.2 Å². The van der Waals surface area contributed by atoms with Crippen LogP contribution in [0.25, 0.3) is 0 Å². The van der Waals surface area contributed by atoms with Crippen molar-refractivity contribution in [2.24, 2.45) is 13.0 Å². The van der Waals surface area contributed by atoms with Crippen LogP contribution in [0.1, 0.15) is 44.6 Å². The van der Waals surface area contributed by atoms with E-state index in [9.17, 15) is 5.11 Å². The molecule has 4 heteroatoms. The second-order valence-electron chi connectivity index (χ2n) is 6.04. The lowest BCUT2D eigenvalue weighted by atomic mass is 9.81. The molecule has 0 aliphatic heterocycles. The molecule has 1 heterocycles. The summed E-state index contributed by atoms with van der Waals surface area (Å²) in [6.07, 6.45) is 9.61. The number of likely N-dealkylation sites (N-methyl/N-ethyl adjacent to an activating group) is 1. The first-order valence-corrected chi connectivity index (χ1v) is 7.46. The van der Waals surface area contributed by atoms with E-state index in [4.69, 9.17) is 0 Å². The summed E-state index contributed by atoms with van der Waals surface area (Å²) >= 11 is 0. The first-order chi connectivity index (χ1) is 9.10. The second-order valence-corrected chi connectivity index (χ2v) is 6.04. The Morgan fingerprint density at radius 2 is 2.26 bits per heavy atom. The fourth-order valence-corrected chi connectivity index (χ4v) is 3.32. The molecule has 1 fully saturated rings. The lowest BCUT2D eigenvalue weighted by Gasteiger charge is -2.38. The van der Waals surface area contributed by atoms with E-state index in [-0.39, 0.29) is 6.10 Å². The summed E-state index contributed by atoms with van der Waals surface area (Å²) in [6.45, 7) is 3.12. The average Bonchev–Trinajstić information content (AvgIpc) is 2.77. The van der Waals surface area contributed by atoms with Gasteiger partial charge in [0.1, 0.15) is 0 Å². The molecular weight excluding hydrogens is 238 g/mol. The Kier molecular flexibility index (Phi) is 4.99. The molecule has 3 atom stereocenters. The summed E-state index contributed by atoms with van der Waals surface area (Å²) in [4.78, 5) is 2.30.